The summed E-state index contributed by atoms with van der Waals surface area (Å²) in [5.41, 5.74) is 17.3. The van der Waals surface area contributed by atoms with E-state index in [4.69, 9.17) is 21.2 Å². The van der Waals surface area contributed by atoms with E-state index in [2.05, 4.69) is 33.4 Å². The molecule has 2 saturated carbocycles. The van der Waals surface area contributed by atoms with E-state index in [1.807, 2.05) is 24.1 Å². The lowest BCUT2D eigenvalue weighted by atomic mass is 9.71. The number of benzene rings is 2. The largest absolute Gasteiger partial charge is 0.494 e. The summed E-state index contributed by atoms with van der Waals surface area (Å²) in [5.74, 6) is 2.59. The number of amides is 2. The van der Waals surface area contributed by atoms with Crippen LogP contribution in [-0.2, 0) is 18.4 Å². The van der Waals surface area contributed by atoms with E-state index in [-0.39, 0.29) is 17.7 Å². The zero-order valence-electron chi connectivity index (χ0n) is 24.5. The molecule has 4 aromatic rings. The van der Waals surface area contributed by atoms with Crippen LogP contribution in [0.25, 0.3) is 33.5 Å². The average Bonchev–Trinajstić information content (AvgIpc) is 3.63. The fourth-order valence-electron chi connectivity index (χ4n) is 7.16. The minimum absolute atomic E-state index is 0.00260. The van der Waals surface area contributed by atoms with Crippen molar-refractivity contribution < 1.29 is 14.3 Å². The van der Waals surface area contributed by atoms with Gasteiger partial charge in [0.05, 0.1) is 23.8 Å². The first kappa shape index (κ1) is 27.0. The molecule has 9 heteroatoms. The van der Waals surface area contributed by atoms with Crippen LogP contribution < -0.4 is 16.2 Å². The molecule has 4 N–H and O–H groups in total. The second-order valence-electron chi connectivity index (χ2n) is 12.7. The van der Waals surface area contributed by atoms with Crippen molar-refractivity contribution in [2.75, 3.05) is 26.7 Å². The first-order chi connectivity index (χ1) is 20.4. The molecule has 2 amide bonds. The van der Waals surface area contributed by atoms with Crippen molar-refractivity contribution >= 4 is 33.8 Å². The smallest absolute Gasteiger partial charge is 0.254 e. The van der Waals surface area contributed by atoms with Gasteiger partial charge in [-0.25, -0.2) is 4.98 Å². The Kier molecular flexibility index (Phi) is 6.72. The van der Waals surface area contributed by atoms with Crippen molar-refractivity contribution in [3.05, 3.63) is 47.5 Å². The number of methoxy groups -OCH3 is 1. The molecule has 0 bridgehead atoms. The third-order valence-corrected chi connectivity index (χ3v) is 9.84. The fourth-order valence-corrected chi connectivity index (χ4v) is 7.16. The van der Waals surface area contributed by atoms with Crippen LogP contribution in [0.2, 0.25) is 0 Å². The van der Waals surface area contributed by atoms with Crippen molar-refractivity contribution in [1.29, 1.82) is 0 Å². The molecule has 3 heterocycles. The summed E-state index contributed by atoms with van der Waals surface area (Å²) in [6.45, 7) is 2.96. The Bertz CT molecular complexity index is 1690. The molecule has 220 valence electrons. The Labute approximate surface area is 245 Å². The number of nitrogens with two attached hydrogens (primary N) is 2. The lowest BCUT2D eigenvalue weighted by molar-refractivity contribution is -0.124. The Hall–Kier alpha value is -3.85. The van der Waals surface area contributed by atoms with Gasteiger partial charge in [-0.2, -0.15) is 0 Å². The number of rotatable bonds is 8. The van der Waals surface area contributed by atoms with Crippen LogP contribution in [0.5, 0.6) is 5.75 Å². The number of para-hydroxylation sites is 1. The van der Waals surface area contributed by atoms with E-state index in [0.717, 1.165) is 61.3 Å². The number of ether oxygens (including phenoxy) is 1. The quantitative estimate of drug-likeness (QED) is 0.326. The Balaban J connectivity index is 1.32. The van der Waals surface area contributed by atoms with Crippen LogP contribution >= 0.6 is 0 Å². The summed E-state index contributed by atoms with van der Waals surface area (Å²) in [4.78, 5) is 32.4. The zero-order valence-corrected chi connectivity index (χ0v) is 24.5. The van der Waals surface area contributed by atoms with E-state index in [9.17, 15) is 9.59 Å². The van der Waals surface area contributed by atoms with Crippen LogP contribution in [-0.4, -0.2) is 57.6 Å². The van der Waals surface area contributed by atoms with E-state index in [1.165, 1.54) is 29.3 Å². The van der Waals surface area contributed by atoms with Gasteiger partial charge in [-0.3, -0.25) is 9.59 Å². The van der Waals surface area contributed by atoms with Crippen LogP contribution in [0.3, 0.4) is 0 Å². The standard InChI is InChI=1S/C33H40N6O3/c1-37-30-26(13-24(15-28(30)42-2)33(41)38-10-4-5-20(16-34)17-38)36-32(37)27-14-21-6-3-7-25(22-11-23(12-22)31(35)40)29(21)39(27)18-19-8-9-19/h3,6-7,13-15,19-20,22-23H,4-5,8-12,16-18,34H2,1-2H3,(H2,35,40)/t20-,22?,23?/m0/s1. The number of imidazole rings is 1. The normalized spacial score (nSPS) is 22.5. The molecule has 42 heavy (non-hydrogen) atoms. The number of carbonyl (C=O) groups excluding carboxylic acids is 2. The molecule has 0 spiro atoms. The highest BCUT2D eigenvalue weighted by atomic mass is 16.5. The average molecular weight is 569 g/mol. The number of hydrogen-bond donors (Lipinski definition) is 2. The molecule has 9 nitrogen and oxygen atoms in total. The summed E-state index contributed by atoms with van der Waals surface area (Å²) in [6.07, 6.45) is 6.12. The van der Waals surface area contributed by atoms with Crippen LogP contribution in [0.4, 0.5) is 0 Å². The lowest BCUT2D eigenvalue weighted by Crippen LogP contribution is -2.42. The summed E-state index contributed by atoms with van der Waals surface area (Å²) in [5, 5.41) is 1.18. The van der Waals surface area contributed by atoms with Gasteiger partial charge in [0.25, 0.3) is 5.91 Å². The van der Waals surface area contributed by atoms with Crippen molar-refractivity contribution in [2.24, 2.45) is 36.3 Å². The summed E-state index contributed by atoms with van der Waals surface area (Å²) < 4.78 is 10.4. The number of likely N-dealkylation sites (tertiary alicyclic amines) is 1. The summed E-state index contributed by atoms with van der Waals surface area (Å²) >= 11 is 0. The van der Waals surface area contributed by atoms with Crippen molar-refractivity contribution in [1.82, 2.24) is 19.0 Å². The molecule has 3 aliphatic rings. The molecule has 2 aromatic carbocycles. The lowest BCUT2D eigenvalue weighted by Gasteiger charge is -2.34. The Morgan fingerprint density at radius 3 is 2.60 bits per heavy atom. The molecule has 2 aliphatic carbocycles. The fraction of sp³-hybridized carbons (Fsp3) is 0.485. The number of aryl methyl sites for hydroxylation is 1. The second-order valence-corrected chi connectivity index (χ2v) is 12.7. The van der Waals surface area contributed by atoms with Gasteiger partial charge in [0.1, 0.15) is 11.3 Å². The molecular formula is C33H40N6O3. The summed E-state index contributed by atoms with van der Waals surface area (Å²) in [6, 6.07) is 12.5. The molecule has 2 aromatic heterocycles. The number of hydrogen-bond acceptors (Lipinski definition) is 5. The van der Waals surface area contributed by atoms with Gasteiger partial charge in [0, 0.05) is 43.5 Å². The van der Waals surface area contributed by atoms with E-state index >= 15 is 0 Å². The molecule has 1 saturated heterocycles. The highest BCUT2D eigenvalue weighted by Crippen LogP contribution is 2.46. The number of piperidine rings is 1. The topological polar surface area (TPSA) is 121 Å². The number of fused-ring (bicyclic) bond motifs is 2. The Morgan fingerprint density at radius 2 is 1.88 bits per heavy atom. The minimum Gasteiger partial charge on any atom is -0.494 e. The summed E-state index contributed by atoms with van der Waals surface area (Å²) in [7, 11) is 3.67. The van der Waals surface area contributed by atoms with Crippen molar-refractivity contribution in [2.45, 2.75) is 51.0 Å². The molecule has 1 aliphatic heterocycles. The number of primary amides is 1. The maximum atomic E-state index is 13.6. The molecule has 0 unspecified atom stereocenters. The molecule has 0 radical (unpaired) electrons. The zero-order chi connectivity index (χ0) is 29.1. The molecule has 1 atom stereocenters. The van der Waals surface area contributed by atoms with E-state index < -0.39 is 0 Å². The van der Waals surface area contributed by atoms with Crippen LogP contribution in [0.1, 0.15) is 60.4 Å². The van der Waals surface area contributed by atoms with Gasteiger partial charge >= 0.3 is 0 Å². The second kappa shape index (κ2) is 10.5. The highest BCUT2D eigenvalue weighted by molar-refractivity contribution is 6.00. The third-order valence-electron chi connectivity index (χ3n) is 9.84. The van der Waals surface area contributed by atoms with Crippen LogP contribution in [0, 0.1) is 17.8 Å². The van der Waals surface area contributed by atoms with Gasteiger partial charge in [-0.05, 0) is 86.6 Å². The van der Waals surface area contributed by atoms with Crippen molar-refractivity contribution in [3.8, 4) is 17.3 Å². The van der Waals surface area contributed by atoms with Crippen molar-refractivity contribution in [3.63, 3.8) is 0 Å². The minimum atomic E-state index is -0.196. The predicted octanol–water partition coefficient (Wildman–Crippen LogP) is 4.40. The number of aromatic nitrogens is 3. The van der Waals surface area contributed by atoms with E-state index in [0.29, 0.717) is 42.2 Å². The van der Waals surface area contributed by atoms with E-state index in [1.54, 1.807) is 7.11 Å². The number of carbonyl (C=O) groups is 2. The maximum absolute atomic E-state index is 13.6. The van der Waals surface area contributed by atoms with Crippen LogP contribution in [0.15, 0.2) is 36.4 Å². The SMILES string of the molecule is COc1cc(C(=O)N2CCC[C@@H](CN)C2)cc2nc(-c3cc4cccc(C5CC(C(N)=O)C5)c4n3CC3CC3)n(C)c12. The highest BCUT2D eigenvalue weighted by Gasteiger charge is 2.36. The Morgan fingerprint density at radius 1 is 1.07 bits per heavy atom. The molecule has 7 rings (SSSR count). The van der Waals surface area contributed by atoms with Gasteiger partial charge < -0.3 is 30.2 Å². The van der Waals surface area contributed by atoms with Gasteiger partial charge in [0.2, 0.25) is 5.91 Å². The third kappa shape index (κ3) is 4.54. The van der Waals surface area contributed by atoms with Gasteiger partial charge in [0.15, 0.2) is 5.82 Å². The first-order valence-corrected chi connectivity index (χ1v) is 15.3. The molecular weight excluding hydrogens is 528 g/mol. The van der Waals surface area contributed by atoms with Gasteiger partial charge in [-0.1, -0.05) is 18.2 Å². The molecule has 3 fully saturated rings. The monoisotopic (exact) mass is 568 g/mol. The maximum Gasteiger partial charge on any atom is 0.254 e. The predicted molar refractivity (Wildman–Crippen MR) is 163 cm³/mol. The number of nitrogens with zero attached hydrogens (tertiary/aromatic N) is 4. The van der Waals surface area contributed by atoms with Gasteiger partial charge in [-0.15, -0.1) is 0 Å². The first-order valence-electron chi connectivity index (χ1n) is 15.3.